The molecular weight excluding hydrogens is 544 g/mol. The van der Waals surface area contributed by atoms with Crippen LogP contribution in [0.2, 0.25) is 5.02 Å². The van der Waals surface area contributed by atoms with Crippen LogP contribution in [0.1, 0.15) is 23.4 Å². The Bertz CT molecular complexity index is 1210. The molecule has 3 aromatic carbocycles. The number of halogens is 2. The SMILES string of the molecule is CCOc1cc([C@H]2SCC(=O)N2c2ccc(Cl)cc2)cc(Br)c1OCc1ccc([N+](=O)[O-])cc1. The van der Waals surface area contributed by atoms with E-state index < -0.39 is 4.92 Å². The highest BCUT2D eigenvalue weighted by atomic mass is 79.9. The zero-order valence-electron chi connectivity index (χ0n) is 18.1. The lowest BCUT2D eigenvalue weighted by atomic mass is 10.1. The van der Waals surface area contributed by atoms with Gasteiger partial charge in [0.15, 0.2) is 11.5 Å². The standard InChI is InChI=1S/C24H20BrClN2O5S/c1-2-32-21-12-16(24-27(22(29)14-34-24)18-9-5-17(26)6-10-18)11-20(25)23(21)33-13-15-3-7-19(8-4-15)28(30)31/h3-12,24H,2,13-14H2,1H3/t24-/m1/s1. The van der Waals surface area contributed by atoms with Gasteiger partial charge in [-0.15, -0.1) is 11.8 Å². The molecule has 3 aromatic rings. The van der Waals surface area contributed by atoms with Crippen LogP contribution in [-0.2, 0) is 11.4 Å². The first-order valence-corrected chi connectivity index (χ1v) is 12.6. The van der Waals surface area contributed by atoms with Gasteiger partial charge in [-0.1, -0.05) is 11.6 Å². The minimum Gasteiger partial charge on any atom is -0.490 e. The zero-order valence-corrected chi connectivity index (χ0v) is 21.2. The Morgan fingerprint density at radius 2 is 1.85 bits per heavy atom. The summed E-state index contributed by atoms with van der Waals surface area (Å²) in [6.45, 7) is 2.53. The van der Waals surface area contributed by atoms with Crippen molar-refractivity contribution in [3.8, 4) is 11.5 Å². The van der Waals surface area contributed by atoms with Gasteiger partial charge in [-0.3, -0.25) is 19.8 Å². The lowest BCUT2D eigenvalue weighted by Crippen LogP contribution is -2.27. The molecule has 176 valence electrons. The molecule has 7 nitrogen and oxygen atoms in total. The molecule has 1 aliphatic heterocycles. The van der Waals surface area contributed by atoms with Crippen molar-refractivity contribution < 1.29 is 19.2 Å². The predicted octanol–water partition coefficient (Wildman–Crippen LogP) is 6.77. The average molecular weight is 564 g/mol. The summed E-state index contributed by atoms with van der Waals surface area (Å²) >= 11 is 11.2. The Morgan fingerprint density at radius 1 is 1.15 bits per heavy atom. The van der Waals surface area contributed by atoms with Crippen molar-refractivity contribution in [2.75, 3.05) is 17.3 Å². The van der Waals surface area contributed by atoms with Crippen LogP contribution in [0.5, 0.6) is 11.5 Å². The molecule has 0 bridgehead atoms. The van der Waals surface area contributed by atoms with Crippen molar-refractivity contribution in [3.63, 3.8) is 0 Å². The molecule has 10 heteroatoms. The number of nitrogens with zero attached hydrogens (tertiary/aromatic N) is 2. The molecule has 0 N–H and O–H groups in total. The first kappa shape index (κ1) is 24.4. The summed E-state index contributed by atoms with van der Waals surface area (Å²) in [6, 6.07) is 17.2. The van der Waals surface area contributed by atoms with E-state index in [0.29, 0.717) is 33.4 Å². The van der Waals surface area contributed by atoms with Crippen molar-refractivity contribution in [3.05, 3.63) is 91.4 Å². The van der Waals surface area contributed by atoms with Crippen LogP contribution < -0.4 is 14.4 Å². The molecule has 4 rings (SSSR count). The predicted molar refractivity (Wildman–Crippen MR) is 137 cm³/mol. The molecule has 0 radical (unpaired) electrons. The average Bonchev–Trinajstić information content (AvgIpc) is 3.20. The van der Waals surface area contributed by atoms with Gasteiger partial charge in [-0.2, -0.15) is 0 Å². The van der Waals surface area contributed by atoms with Gasteiger partial charge >= 0.3 is 0 Å². The quantitative estimate of drug-likeness (QED) is 0.222. The second-order valence-electron chi connectivity index (χ2n) is 7.38. The van der Waals surface area contributed by atoms with Crippen molar-refractivity contribution in [2.24, 2.45) is 0 Å². The number of hydrogen-bond donors (Lipinski definition) is 0. The number of benzene rings is 3. The number of anilines is 1. The largest absolute Gasteiger partial charge is 0.490 e. The van der Waals surface area contributed by atoms with Gasteiger partial charge in [-0.25, -0.2) is 0 Å². The van der Waals surface area contributed by atoms with E-state index in [2.05, 4.69) is 15.9 Å². The summed E-state index contributed by atoms with van der Waals surface area (Å²) in [7, 11) is 0. The normalized spacial score (nSPS) is 15.4. The summed E-state index contributed by atoms with van der Waals surface area (Å²) < 4.78 is 12.6. The lowest BCUT2D eigenvalue weighted by Gasteiger charge is -2.25. The second kappa shape index (κ2) is 10.7. The topological polar surface area (TPSA) is 81.9 Å². The van der Waals surface area contributed by atoms with Gasteiger partial charge in [0.05, 0.1) is 21.8 Å². The van der Waals surface area contributed by atoms with Crippen LogP contribution in [0.3, 0.4) is 0 Å². The van der Waals surface area contributed by atoms with Gasteiger partial charge in [0.2, 0.25) is 5.91 Å². The molecule has 1 aliphatic rings. The molecule has 0 unspecified atom stereocenters. The summed E-state index contributed by atoms with van der Waals surface area (Å²) in [5.41, 5.74) is 2.48. The fourth-order valence-electron chi connectivity index (χ4n) is 3.55. The molecule has 34 heavy (non-hydrogen) atoms. The first-order valence-electron chi connectivity index (χ1n) is 10.4. The Hall–Kier alpha value is -2.75. The Labute approximate surface area is 214 Å². The highest BCUT2D eigenvalue weighted by Gasteiger charge is 2.35. The van der Waals surface area contributed by atoms with Crippen molar-refractivity contribution in [1.29, 1.82) is 0 Å². The molecule has 1 amide bonds. The van der Waals surface area contributed by atoms with E-state index in [1.165, 1.54) is 23.9 Å². The number of amides is 1. The Kier molecular flexibility index (Phi) is 7.65. The van der Waals surface area contributed by atoms with Gasteiger partial charge in [0.25, 0.3) is 5.69 Å². The summed E-state index contributed by atoms with van der Waals surface area (Å²) in [6.07, 6.45) is 0. The van der Waals surface area contributed by atoms with Crippen LogP contribution in [0.15, 0.2) is 65.1 Å². The fourth-order valence-corrected chi connectivity index (χ4v) is 5.41. The monoisotopic (exact) mass is 562 g/mol. The van der Waals surface area contributed by atoms with Crippen LogP contribution in [0, 0.1) is 10.1 Å². The second-order valence-corrected chi connectivity index (χ2v) is 9.74. The minimum atomic E-state index is -0.438. The number of thioether (sulfide) groups is 1. The van der Waals surface area contributed by atoms with Gasteiger partial charge < -0.3 is 9.47 Å². The summed E-state index contributed by atoms with van der Waals surface area (Å²) in [5.74, 6) is 1.46. The molecule has 0 aromatic heterocycles. The number of carbonyl (C=O) groups is 1. The molecule has 1 heterocycles. The Morgan fingerprint density at radius 3 is 2.50 bits per heavy atom. The zero-order chi connectivity index (χ0) is 24.2. The van der Waals surface area contributed by atoms with E-state index in [-0.39, 0.29) is 23.6 Å². The van der Waals surface area contributed by atoms with Crippen molar-refractivity contribution >= 4 is 56.6 Å². The highest BCUT2D eigenvalue weighted by Crippen LogP contribution is 2.46. The van der Waals surface area contributed by atoms with Crippen LogP contribution in [0.4, 0.5) is 11.4 Å². The summed E-state index contributed by atoms with van der Waals surface area (Å²) in [4.78, 5) is 24.9. The number of hydrogen-bond acceptors (Lipinski definition) is 6. The molecule has 1 atom stereocenters. The van der Waals surface area contributed by atoms with Crippen LogP contribution in [0.25, 0.3) is 0 Å². The third kappa shape index (κ3) is 5.32. The number of nitro groups is 1. The minimum absolute atomic E-state index is 0.0184. The first-order chi connectivity index (χ1) is 16.4. The number of rotatable bonds is 8. The molecule has 0 saturated carbocycles. The number of carbonyl (C=O) groups excluding carboxylic acids is 1. The number of non-ortho nitro benzene ring substituents is 1. The van der Waals surface area contributed by atoms with Gasteiger partial charge in [0.1, 0.15) is 12.0 Å². The van der Waals surface area contributed by atoms with Gasteiger partial charge in [-0.05, 0) is 82.5 Å². The van der Waals surface area contributed by atoms with E-state index in [4.69, 9.17) is 21.1 Å². The van der Waals surface area contributed by atoms with Crippen molar-refractivity contribution in [1.82, 2.24) is 0 Å². The van der Waals surface area contributed by atoms with E-state index in [9.17, 15) is 14.9 Å². The van der Waals surface area contributed by atoms with Crippen LogP contribution in [-0.4, -0.2) is 23.2 Å². The highest BCUT2D eigenvalue weighted by molar-refractivity contribution is 9.10. The maximum Gasteiger partial charge on any atom is 0.269 e. The third-order valence-electron chi connectivity index (χ3n) is 5.12. The van der Waals surface area contributed by atoms with Crippen molar-refractivity contribution in [2.45, 2.75) is 18.9 Å². The van der Waals surface area contributed by atoms with Gasteiger partial charge in [0, 0.05) is 22.8 Å². The molecular formula is C24H20BrClN2O5S. The molecule has 1 saturated heterocycles. The molecule has 0 aliphatic carbocycles. The number of ether oxygens (including phenoxy) is 2. The molecule has 1 fully saturated rings. The Balaban J connectivity index is 1.60. The van der Waals surface area contributed by atoms with E-state index in [1.54, 1.807) is 29.2 Å². The summed E-state index contributed by atoms with van der Waals surface area (Å²) in [5, 5.41) is 11.2. The maximum absolute atomic E-state index is 12.7. The third-order valence-corrected chi connectivity index (χ3v) is 7.17. The number of nitro benzene ring substituents is 1. The van der Waals surface area contributed by atoms with E-state index in [1.807, 2.05) is 31.2 Å². The smallest absolute Gasteiger partial charge is 0.269 e. The molecule has 0 spiro atoms. The maximum atomic E-state index is 12.7. The fraction of sp³-hybridized carbons (Fsp3) is 0.208. The lowest BCUT2D eigenvalue weighted by molar-refractivity contribution is -0.384. The van der Waals surface area contributed by atoms with E-state index in [0.717, 1.165) is 16.8 Å². The van der Waals surface area contributed by atoms with Crippen LogP contribution >= 0.6 is 39.3 Å². The van der Waals surface area contributed by atoms with E-state index >= 15 is 0 Å².